The lowest BCUT2D eigenvalue weighted by Crippen LogP contribution is -2.08. The van der Waals surface area contributed by atoms with Crippen LogP contribution in [-0.4, -0.2) is 53.2 Å². The number of methoxy groups -OCH3 is 2. The van der Waals surface area contributed by atoms with Crippen molar-refractivity contribution in [3.05, 3.63) is 0 Å². The fourth-order valence-corrected chi connectivity index (χ4v) is 0.867. The second kappa shape index (κ2) is 11.4. The molecule has 0 rings (SSSR count). The van der Waals surface area contributed by atoms with E-state index in [1.54, 1.807) is 7.11 Å². The number of carbonyl (C=O) groups is 1. The van der Waals surface area contributed by atoms with E-state index in [1.165, 1.54) is 7.11 Å². The fourth-order valence-electron chi connectivity index (χ4n) is 0.867. The molecule has 90 valence electrons. The summed E-state index contributed by atoms with van der Waals surface area (Å²) in [6, 6.07) is 0. The Morgan fingerprint density at radius 3 is 2.20 bits per heavy atom. The first-order valence-corrected chi connectivity index (χ1v) is 5.02. The Balaban J connectivity index is 2.95. The van der Waals surface area contributed by atoms with E-state index in [0.717, 1.165) is 6.42 Å². The van der Waals surface area contributed by atoms with Crippen molar-refractivity contribution in [1.82, 2.24) is 0 Å². The van der Waals surface area contributed by atoms with Crippen LogP contribution in [0.2, 0.25) is 0 Å². The minimum absolute atomic E-state index is 0.244. The summed E-state index contributed by atoms with van der Waals surface area (Å²) in [6.07, 6.45) is 1.13. The van der Waals surface area contributed by atoms with Crippen molar-refractivity contribution in [1.29, 1.82) is 0 Å². The van der Waals surface area contributed by atoms with Gasteiger partial charge < -0.3 is 18.9 Å². The van der Waals surface area contributed by atoms with Gasteiger partial charge in [-0.2, -0.15) is 0 Å². The lowest BCUT2D eigenvalue weighted by Gasteiger charge is -2.04. The Bertz CT molecular complexity index is 149. The third-order valence-corrected chi connectivity index (χ3v) is 1.69. The zero-order valence-electron chi connectivity index (χ0n) is 9.49. The van der Waals surface area contributed by atoms with E-state index in [2.05, 4.69) is 4.74 Å². The maximum absolute atomic E-state index is 10.7. The first-order chi connectivity index (χ1) is 7.31. The summed E-state index contributed by atoms with van der Waals surface area (Å²) >= 11 is 0. The van der Waals surface area contributed by atoms with Crippen molar-refractivity contribution in [2.75, 3.05) is 47.3 Å². The zero-order chi connectivity index (χ0) is 11.4. The standard InChI is InChI=1S/C10H20O5/c1-12-8-9-15-6-3-5-14-7-4-10(11)13-2/h3-9H2,1-2H3. The van der Waals surface area contributed by atoms with E-state index in [4.69, 9.17) is 14.2 Å². The molecule has 0 atom stereocenters. The van der Waals surface area contributed by atoms with Crippen LogP contribution in [0.15, 0.2) is 0 Å². The molecule has 0 aliphatic carbocycles. The van der Waals surface area contributed by atoms with Crippen LogP contribution in [0.5, 0.6) is 0 Å². The van der Waals surface area contributed by atoms with Crippen LogP contribution in [0.1, 0.15) is 12.8 Å². The van der Waals surface area contributed by atoms with Crippen LogP contribution in [0.4, 0.5) is 0 Å². The largest absolute Gasteiger partial charge is 0.469 e. The van der Waals surface area contributed by atoms with Gasteiger partial charge in [0.25, 0.3) is 0 Å². The Labute approximate surface area is 90.6 Å². The molecule has 5 heteroatoms. The Hall–Kier alpha value is -0.650. The van der Waals surface area contributed by atoms with Crippen molar-refractivity contribution < 1.29 is 23.7 Å². The molecular formula is C10H20O5. The lowest BCUT2D eigenvalue weighted by molar-refractivity contribution is -0.141. The molecule has 0 aliphatic heterocycles. The van der Waals surface area contributed by atoms with Gasteiger partial charge in [0.1, 0.15) is 0 Å². The van der Waals surface area contributed by atoms with Gasteiger partial charge in [-0.3, -0.25) is 4.79 Å². The zero-order valence-corrected chi connectivity index (χ0v) is 9.49. The molecule has 0 amide bonds. The average molecular weight is 220 g/mol. The summed E-state index contributed by atoms with van der Waals surface area (Å²) in [7, 11) is 3.01. The molecule has 0 aliphatic rings. The molecule has 0 unspecified atom stereocenters. The minimum atomic E-state index is -0.244. The predicted octanol–water partition coefficient (Wildman–Crippen LogP) is 0.619. The third-order valence-electron chi connectivity index (χ3n) is 1.69. The topological polar surface area (TPSA) is 54.0 Å². The normalized spacial score (nSPS) is 10.3. The van der Waals surface area contributed by atoms with Crippen molar-refractivity contribution in [2.24, 2.45) is 0 Å². The summed E-state index contributed by atoms with van der Waals surface area (Å²) in [5.74, 6) is -0.244. The smallest absolute Gasteiger partial charge is 0.307 e. The van der Waals surface area contributed by atoms with Gasteiger partial charge in [0.15, 0.2) is 0 Å². The molecule has 0 N–H and O–H groups in total. The van der Waals surface area contributed by atoms with Crippen LogP contribution in [0, 0.1) is 0 Å². The second-order valence-electron chi connectivity index (χ2n) is 2.90. The fraction of sp³-hybridized carbons (Fsp3) is 0.900. The molecule has 0 saturated carbocycles. The Kier molecular flexibility index (Phi) is 10.9. The van der Waals surface area contributed by atoms with Crippen molar-refractivity contribution in [3.8, 4) is 0 Å². The molecule has 0 aromatic carbocycles. The van der Waals surface area contributed by atoms with Crippen LogP contribution in [-0.2, 0) is 23.7 Å². The van der Waals surface area contributed by atoms with Gasteiger partial charge in [0.2, 0.25) is 0 Å². The predicted molar refractivity (Wildman–Crippen MR) is 54.8 cm³/mol. The molecular weight excluding hydrogens is 200 g/mol. The maximum atomic E-state index is 10.7. The van der Waals surface area contributed by atoms with E-state index >= 15 is 0 Å². The summed E-state index contributed by atoms with van der Waals surface area (Å²) in [4.78, 5) is 10.7. The highest BCUT2D eigenvalue weighted by molar-refractivity contribution is 5.69. The van der Waals surface area contributed by atoms with Crippen molar-refractivity contribution in [3.63, 3.8) is 0 Å². The van der Waals surface area contributed by atoms with Gasteiger partial charge in [0.05, 0.1) is 33.4 Å². The number of hydrogen-bond acceptors (Lipinski definition) is 5. The molecule has 0 fully saturated rings. The number of ether oxygens (including phenoxy) is 4. The van der Waals surface area contributed by atoms with Crippen LogP contribution in [0.3, 0.4) is 0 Å². The summed E-state index contributed by atoms with van der Waals surface area (Å²) in [5.41, 5.74) is 0. The van der Waals surface area contributed by atoms with E-state index in [9.17, 15) is 4.79 Å². The van der Waals surface area contributed by atoms with Gasteiger partial charge in [-0.1, -0.05) is 0 Å². The second-order valence-corrected chi connectivity index (χ2v) is 2.90. The molecule has 0 bridgehead atoms. The van der Waals surface area contributed by atoms with E-state index < -0.39 is 0 Å². The van der Waals surface area contributed by atoms with Gasteiger partial charge in [-0.25, -0.2) is 0 Å². The first kappa shape index (κ1) is 14.3. The van der Waals surface area contributed by atoms with Crippen LogP contribution in [0.25, 0.3) is 0 Å². The number of esters is 1. The lowest BCUT2D eigenvalue weighted by atomic mass is 10.4. The molecule has 0 spiro atoms. The van der Waals surface area contributed by atoms with E-state index in [-0.39, 0.29) is 5.97 Å². The maximum Gasteiger partial charge on any atom is 0.307 e. The summed E-state index contributed by atoms with van der Waals surface area (Å²) < 4.78 is 19.7. The molecule has 0 saturated heterocycles. The van der Waals surface area contributed by atoms with E-state index in [0.29, 0.717) is 39.5 Å². The van der Waals surface area contributed by atoms with E-state index in [1.807, 2.05) is 0 Å². The quantitative estimate of drug-likeness (QED) is 0.399. The number of rotatable bonds is 10. The highest BCUT2D eigenvalue weighted by Gasteiger charge is 1.98. The Morgan fingerprint density at radius 1 is 0.933 bits per heavy atom. The highest BCUT2D eigenvalue weighted by atomic mass is 16.5. The van der Waals surface area contributed by atoms with Crippen molar-refractivity contribution in [2.45, 2.75) is 12.8 Å². The Morgan fingerprint density at radius 2 is 1.60 bits per heavy atom. The number of carbonyl (C=O) groups excluding carboxylic acids is 1. The molecule has 0 aromatic rings. The van der Waals surface area contributed by atoms with Gasteiger partial charge in [-0.05, 0) is 6.42 Å². The molecule has 15 heavy (non-hydrogen) atoms. The minimum Gasteiger partial charge on any atom is -0.469 e. The third kappa shape index (κ3) is 11.3. The van der Waals surface area contributed by atoms with Gasteiger partial charge >= 0.3 is 5.97 Å². The highest BCUT2D eigenvalue weighted by Crippen LogP contribution is 1.89. The van der Waals surface area contributed by atoms with Crippen LogP contribution < -0.4 is 0 Å². The average Bonchev–Trinajstić information content (AvgIpc) is 2.26. The molecule has 0 aromatic heterocycles. The SMILES string of the molecule is COCCOCCCOCCC(=O)OC. The van der Waals surface area contributed by atoms with Crippen LogP contribution >= 0.6 is 0 Å². The number of hydrogen-bond donors (Lipinski definition) is 0. The van der Waals surface area contributed by atoms with Gasteiger partial charge in [-0.15, -0.1) is 0 Å². The van der Waals surface area contributed by atoms with Crippen molar-refractivity contribution >= 4 is 5.97 Å². The summed E-state index contributed by atoms with van der Waals surface area (Å²) in [6.45, 7) is 2.89. The molecule has 0 heterocycles. The monoisotopic (exact) mass is 220 g/mol. The molecule has 5 nitrogen and oxygen atoms in total. The molecule has 0 radical (unpaired) electrons. The van der Waals surface area contributed by atoms with Gasteiger partial charge in [0, 0.05) is 20.3 Å². The summed E-state index contributed by atoms with van der Waals surface area (Å²) in [5, 5.41) is 0. The first-order valence-electron chi connectivity index (χ1n) is 5.02.